The number of carbonyl (C=O) groups excluding carboxylic acids is 1. The molecule has 0 heterocycles. The van der Waals surface area contributed by atoms with Gasteiger partial charge in [-0.25, -0.2) is 8.78 Å². The molecule has 0 saturated carbocycles. The maximum atomic E-state index is 13.2. The van der Waals surface area contributed by atoms with Gasteiger partial charge < -0.3 is 0 Å². The van der Waals surface area contributed by atoms with Crippen molar-refractivity contribution in [1.82, 2.24) is 0 Å². The highest BCUT2D eigenvalue weighted by Crippen LogP contribution is 2.18. The second-order valence-electron chi connectivity index (χ2n) is 3.46. The largest absolute Gasteiger partial charge is 0.289 e. The fourth-order valence-corrected chi connectivity index (χ4v) is 1.52. The summed E-state index contributed by atoms with van der Waals surface area (Å²) in [5, 5.41) is -0.0411. The average molecular weight is 253 g/mol. The standard InChI is InChI=1S/C13H7ClF2O/c14-11-6-3-9(7-12(11)16)13(17)8-1-4-10(15)5-2-8/h1-7H. The lowest BCUT2D eigenvalue weighted by Crippen LogP contribution is -2.01. The van der Waals surface area contributed by atoms with Crippen LogP contribution in [0.15, 0.2) is 42.5 Å². The Morgan fingerprint density at radius 1 is 0.941 bits per heavy atom. The van der Waals surface area contributed by atoms with Gasteiger partial charge in [-0.15, -0.1) is 0 Å². The molecule has 17 heavy (non-hydrogen) atoms. The first-order valence-electron chi connectivity index (χ1n) is 4.83. The number of benzene rings is 2. The zero-order chi connectivity index (χ0) is 12.4. The molecule has 0 radical (unpaired) electrons. The molecule has 0 aromatic heterocycles. The molecule has 0 aliphatic heterocycles. The van der Waals surface area contributed by atoms with Crippen LogP contribution in [0.1, 0.15) is 15.9 Å². The molecule has 0 spiro atoms. The topological polar surface area (TPSA) is 17.1 Å². The van der Waals surface area contributed by atoms with Crippen LogP contribution < -0.4 is 0 Å². The summed E-state index contributed by atoms with van der Waals surface area (Å²) in [6.07, 6.45) is 0. The van der Waals surface area contributed by atoms with Crippen LogP contribution in [0.2, 0.25) is 5.02 Å². The fraction of sp³-hybridized carbons (Fsp3) is 0. The van der Waals surface area contributed by atoms with E-state index >= 15 is 0 Å². The number of hydrogen-bond donors (Lipinski definition) is 0. The van der Waals surface area contributed by atoms with Crippen LogP contribution in [-0.2, 0) is 0 Å². The van der Waals surface area contributed by atoms with Crippen molar-refractivity contribution in [2.75, 3.05) is 0 Å². The Balaban J connectivity index is 2.37. The van der Waals surface area contributed by atoms with Crippen molar-refractivity contribution in [3.05, 3.63) is 70.2 Å². The molecule has 0 bridgehead atoms. The summed E-state index contributed by atoms with van der Waals surface area (Å²) in [5.74, 6) is -1.45. The molecule has 0 aliphatic rings. The Bertz CT molecular complexity index is 564. The van der Waals surface area contributed by atoms with E-state index in [1.165, 1.54) is 36.4 Å². The van der Waals surface area contributed by atoms with E-state index in [4.69, 9.17) is 11.6 Å². The normalized spacial score (nSPS) is 10.3. The van der Waals surface area contributed by atoms with Crippen LogP contribution in [0, 0.1) is 11.6 Å². The summed E-state index contributed by atoms with van der Waals surface area (Å²) in [7, 11) is 0. The van der Waals surface area contributed by atoms with Gasteiger partial charge in [-0.2, -0.15) is 0 Å². The molecule has 0 saturated heterocycles. The van der Waals surface area contributed by atoms with Crippen LogP contribution >= 0.6 is 11.6 Å². The molecule has 0 amide bonds. The highest BCUT2D eigenvalue weighted by molar-refractivity contribution is 6.30. The minimum atomic E-state index is -0.653. The van der Waals surface area contributed by atoms with E-state index in [9.17, 15) is 13.6 Å². The molecule has 0 unspecified atom stereocenters. The quantitative estimate of drug-likeness (QED) is 0.742. The van der Waals surface area contributed by atoms with Crippen LogP contribution in [0.4, 0.5) is 8.78 Å². The molecule has 2 aromatic carbocycles. The van der Waals surface area contributed by atoms with Crippen molar-refractivity contribution in [3.8, 4) is 0 Å². The van der Waals surface area contributed by atoms with Gasteiger partial charge in [-0.05, 0) is 42.5 Å². The summed E-state index contributed by atoms with van der Waals surface area (Å²) < 4.78 is 25.9. The van der Waals surface area contributed by atoms with Gasteiger partial charge in [0.1, 0.15) is 11.6 Å². The van der Waals surface area contributed by atoms with E-state index in [2.05, 4.69) is 0 Å². The van der Waals surface area contributed by atoms with Crippen molar-refractivity contribution >= 4 is 17.4 Å². The highest BCUT2D eigenvalue weighted by Gasteiger charge is 2.11. The SMILES string of the molecule is O=C(c1ccc(F)cc1)c1ccc(Cl)c(F)c1. The van der Waals surface area contributed by atoms with Crippen LogP contribution in [0.5, 0.6) is 0 Å². The van der Waals surface area contributed by atoms with Crippen LogP contribution in [-0.4, -0.2) is 5.78 Å². The van der Waals surface area contributed by atoms with Gasteiger partial charge in [0, 0.05) is 11.1 Å². The Labute approximate surface area is 102 Å². The van der Waals surface area contributed by atoms with E-state index in [1.54, 1.807) is 0 Å². The zero-order valence-electron chi connectivity index (χ0n) is 8.58. The van der Waals surface area contributed by atoms with Crippen LogP contribution in [0.25, 0.3) is 0 Å². The molecule has 0 atom stereocenters. The minimum absolute atomic E-state index is 0.0411. The number of ketones is 1. The van der Waals surface area contributed by atoms with E-state index < -0.39 is 11.6 Å². The van der Waals surface area contributed by atoms with Crippen molar-refractivity contribution in [1.29, 1.82) is 0 Å². The molecule has 0 N–H and O–H groups in total. The maximum absolute atomic E-state index is 13.2. The molecule has 2 rings (SSSR count). The van der Waals surface area contributed by atoms with E-state index in [0.29, 0.717) is 5.56 Å². The zero-order valence-corrected chi connectivity index (χ0v) is 9.34. The summed E-state index contributed by atoms with van der Waals surface area (Å²) >= 11 is 5.52. The average Bonchev–Trinajstić information content (AvgIpc) is 2.33. The van der Waals surface area contributed by atoms with E-state index in [0.717, 1.165) is 6.07 Å². The van der Waals surface area contributed by atoms with Gasteiger partial charge in [0.15, 0.2) is 5.78 Å². The van der Waals surface area contributed by atoms with Gasteiger partial charge in [-0.1, -0.05) is 11.6 Å². The van der Waals surface area contributed by atoms with E-state index in [-0.39, 0.29) is 16.4 Å². The van der Waals surface area contributed by atoms with Gasteiger partial charge in [0.25, 0.3) is 0 Å². The predicted molar refractivity (Wildman–Crippen MR) is 61.2 cm³/mol. The third-order valence-corrected chi connectivity index (χ3v) is 2.59. The highest BCUT2D eigenvalue weighted by atomic mass is 35.5. The number of rotatable bonds is 2. The lowest BCUT2D eigenvalue weighted by molar-refractivity contribution is 0.103. The molecular formula is C13H7ClF2O. The molecule has 0 fully saturated rings. The van der Waals surface area contributed by atoms with Crippen LogP contribution in [0.3, 0.4) is 0 Å². The summed E-state index contributed by atoms with van der Waals surface area (Å²) in [6.45, 7) is 0. The smallest absolute Gasteiger partial charge is 0.193 e. The lowest BCUT2D eigenvalue weighted by Gasteiger charge is -2.02. The predicted octanol–water partition coefficient (Wildman–Crippen LogP) is 3.85. The number of carbonyl (C=O) groups is 1. The maximum Gasteiger partial charge on any atom is 0.193 e. The van der Waals surface area contributed by atoms with E-state index in [1.807, 2.05) is 0 Å². The first-order chi connectivity index (χ1) is 8.08. The third kappa shape index (κ3) is 2.50. The minimum Gasteiger partial charge on any atom is -0.289 e. The third-order valence-electron chi connectivity index (χ3n) is 2.29. The fourth-order valence-electron chi connectivity index (χ4n) is 1.41. The van der Waals surface area contributed by atoms with Gasteiger partial charge >= 0.3 is 0 Å². The molecule has 0 aliphatic carbocycles. The van der Waals surface area contributed by atoms with Crippen molar-refractivity contribution in [3.63, 3.8) is 0 Å². The molecule has 4 heteroatoms. The monoisotopic (exact) mass is 252 g/mol. The van der Waals surface area contributed by atoms with Crippen molar-refractivity contribution < 1.29 is 13.6 Å². The lowest BCUT2D eigenvalue weighted by atomic mass is 10.0. The summed E-state index contributed by atoms with van der Waals surface area (Å²) in [5.41, 5.74) is 0.478. The number of halogens is 3. The second-order valence-corrected chi connectivity index (χ2v) is 3.87. The van der Waals surface area contributed by atoms with Crippen molar-refractivity contribution in [2.45, 2.75) is 0 Å². The Kier molecular flexibility index (Phi) is 3.20. The molecule has 2 aromatic rings. The second kappa shape index (κ2) is 4.63. The van der Waals surface area contributed by atoms with Gasteiger partial charge in [0.2, 0.25) is 0 Å². The van der Waals surface area contributed by atoms with Gasteiger partial charge in [-0.3, -0.25) is 4.79 Å². The first kappa shape index (κ1) is 11.7. The molecular weight excluding hydrogens is 246 g/mol. The number of hydrogen-bond acceptors (Lipinski definition) is 1. The Morgan fingerprint density at radius 3 is 2.12 bits per heavy atom. The first-order valence-corrected chi connectivity index (χ1v) is 5.21. The Hall–Kier alpha value is -1.74. The summed E-state index contributed by atoms with van der Waals surface area (Å²) in [4.78, 5) is 11.9. The summed E-state index contributed by atoms with van der Waals surface area (Å²) in [6, 6.07) is 8.87. The van der Waals surface area contributed by atoms with Crippen molar-refractivity contribution in [2.24, 2.45) is 0 Å². The molecule has 1 nitrogen and oxygen atoms in total. The van der Waals surface area contributed by atoms with Gasteiger partial charge in [0.05, 0.1) is 5.02 Å². The molecule has 86 valence electrons. The Morgan fingerprint density at radius 2 is 1.53 bits per heavy atom.